The molecule has 4 rings (SSSR count). The molecule has 0 amide bonds. The molecule has 33 heavy (non-hydrogen) atoms. The number of carboxylic acids is 1. The molecule has 0 radical (unpaired) electrons. The summed E-state index contributed by atoms with van der Waals surface area (Å²) in [4.78, 5) is 15.0. The summed E-state index contributed by atoms with van der Waals surface area (Å²) < 4.78 is 1.97. The van der Waals surface area contributed by atoms with Crippen molar-refractivity contribution in [1.29, 1.82) is 0 Å². The SMILES string of the molecule is Cc1ccccc1Cn1c(C(=O)O)c(CNCCCN2C[C@H](C)C[C@H](C)C2)c2ccccc21. The molecule has 1 saturated heterocycles. The molecule has 0 bridgehead atoms. The van der Waals surface area contributed by atoms with Gasteiger partial charge in [-0.3, -0.25) is 0 Å². The number of fused-ring (bicyclic) bond motifs is 1. The van der Waals surface area contributed by atoms with E-state index in [1.165, 1.54) is 25.1 Å². The molecule has 0 spiro atoms. The fourth-order valence-corrected chi connectivity index (χ4v) is 5.54. The van der Waals surface area contributed by atoms with Crippen LogP contribution in [0.3, 0.4) is 0 Å². The van der Waals surface area contributed by atoms with Gasteiger partial charge in [-0.2, -0.15) is 0 Å². The van der Waals surface area contributed by atoms with E-state index in [-0.39, 0.29) is 0 Å². The predicted octanol–water partition coefficient (Wildman–Crippen LogP) is 5.15. The summed E-state index contributed by atoms with van der Waals surface area (Å²) >= 11 is 0. The minimum Gasteiger partial charge on any atom is -0.477 e. The summed E-state index contributed by atoms with van der Waals surface area (Å²) in [6, 6.07) is 16.2. The molecule has 0 unspecified atom stereocenters. The van der Waals surface area contributed by atoms with Crippen molar-refractivity contribution in [2.24, 2.45) is 11.8 Å². The molecule has 1 aliphatic heterocycles. The topological polar surface area (TPSA) is 57.5 Å². The second-order valence-corrected chi connectivity index (χ2v) is 9.90. The Balaban J connectivity index is 1.48. The van der Waals surface area contributed by atoms with E-state index in [9.17, 15) is 9.90 Å². The van der Waals surface area contributed by atoms with Crippen LogP contribution in [0.5, 0.6) is 0 Å². The second kappa shape index (κ2) is 10.5. The van der Waals surface area contributed by atoms with Gasteiger partial charge in [-0.05, 0) is 61.9 Å². The van der Waals surface area contributed by atoms with Crippen LogP contribution in [0.4, 0.5) is 0 Å². The number of aromatic nitrogens is 1. The average molecular weight is 448 g/mol. The van der Waals surface area contributed by atoms with Crippen LogP contribution in [0.2, 0.25) is 0 Å². The number of piperidine rings is 1. The average Bonchev–Trinajstić information content (AvgIpc) is 3.08. The van der Waals surface area contributed by atoms with Crippen molar-refractivity contribution < 1.29 is 9.90 Å². The summed E-state index contributed by atoms with van der Waals surface area (Å²) in [7, 11) is 0. The molecular formula is C28H37N3O2. The van der Waals surface area contributed by atoms with Gasteiger partial charge in [0.2, 0.25) is 0 Å². The lowest BCUT2D eigenvalue weighted by atomic mass is 9.92. The van der Waals surface area contributed by atoms with Gasteiger partial charge < -0.3 is 19.9 Å². The molecule has 2 heterocycles. The molecule has 0 saturated carbocycles. The second-order valence-electron chi connectivity index (χ2n) is 9.90. The first-order chi connectivity index (χ1) is 15.9. The predicted molar refractivity (Wildman–Crippen MR) is 135 cm³/mol. The summed E-state index contributed by atoms with van der Waals surface area (Å²) in [5.74, 6) is 0.686. The van der Waals surface area contributed by atoms with Crippen LogP contribution in [-0.4, -0.2) is 46.7 Å². The van der Waals surface area contributed by atoms with Gasteiger partial charge in [-0.25, -0.2) is 4.79 Å². The Kier molecular flexibility index (Phi) is 7.51. The van der Waals surface area contributed by atoms with Crippen molar-refractivity contribution >= 4 is 16.9 Å². The lowest BCUT2D eigenvalue weighted by Gasteiger charge is -2.34. The van der Waals surface area contributed by atoms with Crippen LogP contribution in [-0.2, 0) is 13.1 Å². The van der Waals surface area contributed by atoms with E-state index in [0.29, 0.717) is 18.8 Å². The molecule has 2 atom stereocenters. The highest BCUT2D eigenvalue weighted by molar-refractivity contribution is 5.98. The normalized spacial score (nSPS) is 19.2. The molecule has 176 valence electrons. The number of nitrogens with zero attached hydrogens (tertiary/aromatic N) is 2. The van der Waals surface area contributed by atoms with Gasteiger partial charge in [0, 0.05) is 42.6 Å². The number of para-hydroxylation sites is 1. The van der Waals surface area contributed by atoms with E-state index in [2.05, 4.69) is 43.1 Å². The van der Waals surface area contributed by atoms with E-state index < -0.39 is 5.97 Å². The zero-order valence-electron chi connectivity index (χ0n) is 20.2. The molecule has 2 aromatic carbocycles. The van der Waals surface area contributed by atoms with E-state index in [0.717, 1.165) is 53.4 Å². The third-order valence-electron chi connectivity index (χ3n) is 6.94. The number of rotatable bonds is 9. The monoisotopic (exact) mass is 447 g/mol. The molecule has 0 aliphatic carbocycles. The number of carboxylic acid groups (broad SMARTS) is 1. The van der Waals surface area contributed by atoms with Crippen molar-refractivity contribution in [3.63, 3.8) is 0 Å². The fraction of sp³-hybridized carbons (Fsp3) is 0.464. The van der Waals surface area contributed by atoms with Crippen LogP contribution in [0.1, 0.15) is 53.9 Å². The van der Waals surface area contributed by atoms with Gasteiger partial charge in [0.25, 0.3) is 0 Å². The van der Waals surface area contributed by atoms with Gasteiger partial charge in [0.1, 0.15) is 5.69 Å². The summed E-state index contributed by atoms with van der Waals surface area (Å²) in [5.41, 5.74) is 4.57. The van der Waals surface area contributed by atoms with Gasteiger partial charge in [0.15, 0.2) is 0 Å². The number of aromatic carboxylic acids is 1. The van der Waals surface area contributed by atoms with Crippen LogP contribution >= 0.6 is 0 Å². The van der Waals surface area contributed by atoms with E-state index in [1.54, 1.807) is 0 Å². The molecular weight excluding hydrogens is 410 g/mol. The number of hydrogen-bond acceptors (Lipinski definition) is 3. The van der Waals surface area contributed by atoms with E-state index in [4.69, 9.17) is 0 Å². The highest BCUT2D eigenvalue weighted by atomic mass is 16.4. The molecule has 5 heteroatoms. The number of carbonyl (C=O) groups is 1. The zero-order valence-corrected chi connectivity index (χ0v) is 20.2. The Morgan fingerprint density at radius 2 is 1.76 bits per heavy atom. The smallest absolute Gasteiger partial charge is 0.352 e. The van der Waals surface area contributed by atoms with Crippen molar-refractivity contribution in [3.05, 3.63) is 70.9 Å². The van der Waals surface area contributed by atoms with Gasteiger partial charge >= 0.3 is 5.97 Å². The zero-order chi connectivity index (χ0) is 23.4. The maximum absolute atomic E-state index is 12.4. The Bertz CT molecular complexity index is 1090. The minimum absolute atomic E-state index is 0.394. The molecule has 3 aromatic rings. The van der Waals surface area contributed by atoms with Crippen LogP contribution in [0.15, 0.2) is 48.5 Å². The number of nitrogens with one attached hydrogen (secondary N) is 1. The third-order valence-corrected chi connectivity index (χ3v) is 6.94. The molecule has 5 nitrogen and oxygen atoms in total. The third kappa shape index (κ3) is 5.48. The van der Waals surface area contributed by atoms with Crippen molar-refractivity contribution in [3.8, 4) is 0 Å². The quantitative estimate of drug-likeness (QED) is 0.445. The molecule has 1 fully saturated rings. The summed E-state index contributed by atoms with van der Waals surface area (Å²) in [6.45, 7) is 12.3. The van der Waals surface area contributed by atoms with Crippen molar-refractivity contribution in [1.82, 2.24) is 14.8 Å². The largest absolute Gasteiger partial charge is 0.477 e. The van der Waals surface area contributed by atoms with Gasteiger partial charge in [0.05, 0.1) is 0 Å². The first kappa shape index (κ1) is 23.5. The Labute approximate surface area is 197 Å². The number of likely N-dealkylation sites (tertiary alicyclic amines) is 1. The lowest BCUT2D eigenvalue weighted by Crippen LogP contribution is -2.39. The van der Waals surface area contributed by atoms with Crippen LogP contribution in [0, 0.1) is 18.8 Å². The highest BCUT2D eigenvalue weighted by Gasteiger charge is 2.23. The van der Waals surface area contributed by atoms with E-state index >= 15 is 0 Å². The maximum Gasteiger partial charge on any atom is 0.352 e. The summed E-state index contributed by atoms with van der Waals surface area (Å²) in [5, 5.41) is 14.7. The first-order valence-electron chi connectivity index (χ1n) is 12.2. The molecule has 1 aliphatic rings. The Morgan fingerprint density at radius 1 is 1.06 bits per heavy atom. The van der Waals surface area contributed by atoms with Crippen LogP contribution in [0.25, 0.3) is 10.9 Å². The Morgan fingerprint density at radius 3 is 2.48 bits per heavy atom. The minimum atomic E-state index is -0.868. The fourth-order valence-electron chi connectivity index (χ4n) is 5.54. The van der Waals surface area contributed by atoms with Crippen molar-refractivity contribution in [2.45, 2.75) is 46.7 Å². The number of aryl methyl sites for hydroxylation is 1. The van der Waals surface area contributed by atoms with E-state index in [1.807, 2.05) is 41.0 Å². The van der Waals surface area contributed by atoms with Gasteiger partial charge in [-0.1, -0.05) is 56.3 Å². The summed E-state index contributed by atoms with van der Waals surface area (Å²) in [6.07, 6.45) is 2.41. The molecule has 1 aromatic heterocycles. The van der Waals surface area contributed by atoms with Gasteiger partial charge in [-0.15, -0.1) is 0 Å². The first-order valence-corrected chi connectivity index (χ1v) is 12.2. The standard InChI is InChI=1S/C28H37N3O2/c1-20-15-21(2)18-30(17-20)14-8-13-29-16-25-24-11-6-7-12-26(24)31(27(25)28(32)33)19-23-10-5-4-9-22(23)3/h4-7,9-12,20-21,29H,8,13-19H2,1-3H3,(H,32,33)/t20-,21+. The Hall–Kier alpha value is -2.63. The number of benzene rings is 2. The van der Waals surface area contributed by atoms with Crippen molar-refractivity contribution in [2.75, 3.05) is 26.2 Å². The molecule has 2 N–H and O–H groups in total. The number of hydrogen-bond donors (Lipinski definition) is 2. The lowest BCUT2D eigenvalue weighted by molar-refractivity contribution is 0.0684. The van der Waals surface area contributed by atoms with Crippen LogP contribution < -0.4 is 5.32 Å². The maximum atomic E-state index is 12.4. The highest BCUT2D eigenvalue weighted by Crippen LogP contribution is 2.28.